The summed E-state index contributed by atoms with van der Waals surface area (Å²) in [5, 5.41) is 14.2. The van der Waals surface area contributed by atoms with Gasteiger partial charge in [-0.1, -0.05) is 6.92 Å². The lowest BCUT2D eigenvalue weighted by atomic mass is 9.89. The van der Waals surface area contributed by atoms with Gasteiger partial charge in [-0.05, 0) is 26.2 Å². The second kappa shape index (κ2) is 7.20. The van der Waals surface area contributed by atoms with Crippen LogP contribution < -0.4 is 10.6 Å². The Hall–Kier alpha value is -1.30. The van der Waals surface area contributed by atoms with E-state index in [2.05, 4.69) is 10.6 Å². The maximum absolute atomic E-state index is 11.5. The number of carboxylic acids is 1. The maximum Gasteiger partial charge on any atom is 0.315 e. The molecule has 0 aliphatic heterocycles. The molecule has 1 aliphatic rings. The van der Waals surface area contributed by atoms with Crippen LogP contribution in [0.4, 0.5) is 4.79 Å². The Morgan fingerprint density at radius 3 is 2.67 bits per heavy atom. The van der Waals surface area contributed by atoms with Crippen LogP contribution in [0.3, 0.4) is 0 Å². The van der Waals surface area contributed by atoms with E-state index in [0.717, 1.165) is 12.8 Å². The molecule has 0 bridgehead atoms. The second-order valence-electron chi connectivity index (χ2n) is 4.67. The van der Waals surface area contributed by atoms with Crippen molar-refractivity contribution < 1.29 is 19.4 Å². The molecule has 0 radical (unpaired) electrons. The lowest BCUT2D eigenvalue weighted by Gasteiger charge is -2.35. The van der Waals surface area contributed by atoms with Gasteiger partial charge in [0, 0.05) is 19.2 Å². The summed E-state index contributed by atoms with van der Waals surface area (Å²) in [5.74, 6) is -1.27. The number of hydrogen-bond acceptors (Lipinski definition) is 3. The monoisotopic (exact) mass is 258 g/mol. The minimum absolute atomic E-state index is 0.179. The molecule has 1 fully saturated rings. The fourth-order valence-electron chi connectivity index (χ4n) is 1.82. The van der Waals surface area contributed by atoms with Gasteiger partial charge in [0.1, 0.15) is 0 Å². The van der Waals surface area contributed by atoms with Crippen molar-refractivity contribution in [3.63, 3.8) is 0 Å². The van der Waals surface area contributed by atoms with E-state index in [1.165, 1.54) is 0 Å². The number of carbonyl (C=O) groups excluding carboxylic acids is 1. The van der Waals surface area contributed by atoms with Gasteiger partial charge in [-0.15, -0.1) is 0 Å². The minimum atomic E-state index is -0.837. The molecule has 18 heavy (non-hydrogen) atoms. The van der Waals surface area contributed by atoms with Crippen LogP contribution in [0.1, 0.15) is 33.1 Å². The molecule has 2 amide bonds. The van der Waals surface area contributed by atoms with Crippen molar-refractivity contribution in [2.45, 2.75) is 45.3 Å². The van der Waals surface area contributed by atoms with E-state index >= 15 is 0 Å². The first-order valence-corrected chi connectivity index (χ1v) is 6.41. The molecule has 1 rings (SSSR count). The number of carboxylic acid groups (broad SMARTS) is 1. The molecular weight excluding hydrogens is 236 g/mol. The predicted octanol–water partition coefficient (Wildman–Crippen LogP) is 0.964. The Balaban J connectivity index is 2.03. The van der Waals surface area contributed by atoms with E-state index in [1.54, 1.807) is 6.92 Å². The Morgan fingerprint density at radius 2 is 2.11 bits per heavy atom. The summed E-state index contributed by atoms with van der Waals surface area (Å²) >= 11 is 0. The third-order valence-electron chi connectivity index (χ3n) is 3.12. The highest BCUT2D eigenvalue weighted by Gasteiger charge is 2.30. The van der Waals surface area contributed by atoms with Crippen molar-refractivity contribution in [2.24, 2.45) is 5.92 Å². The number of aliphatic carboxylic acids is 1. The van der Waals surface area contributed by atoms with Crippen LogP contribution in [0.15, 0.2) is 0 Å². The number of rotatable bonds is 7. The van der Waals surface area contributed by atoms with Crippen LogP contribution in [0.5, 0.6) is 0 Å². The minimum Gasteiger partial charge on any atom is -0.481 e. The fourth-order valence-corrected chi connectivity index (χ4v) is 1.82. The first-order chi connectivity index (χ1) is 8.52. The van der Waals surface area contributed by atoms with Gasteiger partial charge >= 0.3 is 12.0 Å². The molecule has 0 aromatic carbocycles. The molecule has 0 saturated heterocycles. The summed E-state index contributed by atoms with van der Waals surface area (Å²) in [6.45, 7) is 4.66. The molecule has 1 saturated carbocycles. The summed E-state index contributed by atoms with van der Waals surface area (Å²) in [4.78, 5) is 22.0. The van der Waals surface area contributed by atoms with Crippen molar-refractivity contribution in [1.82, 2.24) is 10.6 Å². The zero-order valence-electron chi connectivity index (χ0n) is 10.9. The molecule has 0 heterocycles. The quantitative estimate of drug-likeness (QED) is 0.635. The van der Waals surface area contributed by atoms with E-state index in [1.807, 2.05) is 6.92 Å². The Bertz CT molecular complexity index is 290. The predicted molar refractivity (Wildman–Crippen MR) is 66.4 cm³/mol. The average Bonchev–Trinajstić information content (AvgIpc) is 2.26. The van der Waals surface area contributed by atoms with Crippen molar-refractivity contribution in [1.29, 1.82) is 0 Å². The smallest absolute Gasteiger partial charge is 0.315 e. The molecule has 6 nitrogen and oxygen atoms in total. The largest absolute Gasteiger partial charge is 0.481 e. The average molecular weight is 258 g/mol. The van der Waals surface area contributed by atoms with Crippen LogP contribution in [0.2, 0.25) is 0 Å². The van der Waals surface area contributed by atoms with Crippen molar-refractivity contribution in [2.75, 3.05) is 13.2 Å². The third kappa shape index (κ3) is 4.91. The normalized spacial score (nSPS) is 23.9. The zero-order chi connectivity index (χ0) is 13.5. The number of hydrogen-bond donors (Lipinski definition) is 3. The highest BCUT2D eigenvalue weighted by Crippen LogP contribution is 2.22. The lowest BCUT2D eigenvalue weighted by molar-refractivity contribution is -0.141. The Morgan fingerprint density at radius 1 is 1.44 bits per heavy atom. The van der Waals surface area contributed by atoms with Gasteiger partial charge in [0.05, 0.1) is 12.0 Å². The van der Waals surface area contributed by atoms with Crippen LogP contribution in [0, 0.1) is 5.92 Å². The second-order valence-corrected chi connectivity index (χ2v) is 4.67. The van der Waals surface area contributed by atoms with Crippen molar-refractivity contribution in [3.8, 4) is 0 Å². The van der Waals surface area contributed by atoms with Gasteiger partial charge in [0.2, 0.25) is 0 Å². The summed E-state index contributed by atoms with van der Waals surface area (Å²) < 4.78 is 5.39. The molecular formula is C12H22N2O4. The number of nitrogens with one attached hydrogen (secondary N) is 2. The van der Waals surface area contributed by atoms with E-state index in [9.17, 15) is 9.59 Å². The fraction of sp³-hybridized carbons (Fsp3) is 0.833. The third-order valence-corrected chi connectivity index (χ3v) is 3.12. The summed E-state index contributed by atoms with van der Waals surface area (Å²) in [7, 11) is 0. The lowest BCUT2D eigenvalue weighted by Crippen LogP contribution is -2.51. The van der Waals surface area contributed by atoms with E-state index < -0.39 is 11.9 Å². The Kier molecular flexibility index (Phi) is 5.91. The van der Waals surface area contributed by atoms with Gasteiger partial charge in [-0.3, -0.25) is 4.79 Å². The van der Waals surface area contributed by atoms with Crippen LogP contribution in [-0.4, -0.2) is 42.4 Å². The topological polar surface area (TPSA) is 87.7 Å². The maximum atomic E-state index is 11.5. The summed E-state index contributed by atoms with van der Waals surface area (Å²) in [5.41, 5.74) is 0. The van der Waals surface area contributed by atoms with Gasteiger partial charge < -0.3 is 20.5 Å². The molecule has 0 aromatic rings. The standard InChI is InChI=1S/C12H22N2O4/c1-3-18-10-6-9(7-10)14-12(17)13-5-4-8(2)11(15)16/h8-10H,3-7H2,1-2H3,(H,15,16)(H2,13,14,17). The highest BCUT2D eigenvalue weighted by atomic mass is 16.5. The molecule has 1 atom stereocenters. The molecule has 1 aliphatic carbocycles. The van der Waals surface area contributed by atoms with Gasteiger partial charge in [-0.2, -0.15) is 0 Å². The molecule has 0 aromatic heterocycles. The summed E-state index contributed by atoms with van der Waals surface area (Å²) in [6.07, 6.45) is 2.42. The highest BCUT2D eigenvalue weighted by molar-refractivity contribution is 5.74. The van der Waals surface area contributed by atoms with Gasteiger partial charge in [0.15, 0.2) is 0 Å². The van der Waals surface area contributed by atoms with Gasteiger partial charge in [0.25, 0.3) is 0 Å². The van der Waals surface area contributed by atoms with Gasteiger partial charge in [-0.25, -0.2) is 4.79 Å². The zero-order valence-corrected chi connectivity index (χ0v) is 10.9. The van der Waals surface area contributed by atoms with Crippen LogP contribution in [-0.2, 0) is 9.53 Å². The molecule has 1 unspecified atom stereocenters. The Labute approximate surface area is 107 Å². The van der Waals surface area contributed by atoms with Crippen molar-refractivity contribution >= 4 is 12.0 Å². The summed E-state index contributed by atoms with van der Waals surface area (Å²) in [6, 6.07) is -0.0500. The first kappa shape index (κ1) is 14.8. The SMILES string of the molecule is CCOC1CC(NC(=O)NCCC(C)C(=O)O)C1. The number of ether oxygens (including phenoxy) is 1. The molecule has 3 N–H and O–H groups in total. The number of carbonyl (C=O) groups is 2. The number of amides is 2. The van der Waals surface area contributed by atoms with Crippen LogP contribution in [0.25, 0.3) is 0 Å². The molecule has 0 spiro atoms. The number of urea groups is 1. The van der Waals surface area contributed by atoms with E-state index in [0.29, 0.717) is 19.6 Å². The van der Waals surface area contributed by atoms with Crippen molar-refractivity contribution in [3.05, 3.63) is 0 Å². The van der Waals surface area contributed by atoms with Crippen LogP contribution >= 0.6 is 0 Å². The first-order valence-electron chi connectivity index (χ1n) is 6.41. The van der Waals surface area contributed by atoms with E-state index in [-0.39, 0.29) is 18.2 Å². The molecule has 6 heteroatoms. The molecule has 104 valence electrons. The van der Waals surface area contributed by atoms with E-state index in [4.69, 9.17) is 9.84 Å².